The maximum absolute atomic E-state index is 12.3. The second kappa shape index (κ2) is 16.5. The Morgan fingerprint density at radius 2 is 0.973 bits per heavy atom. The van der Waals surface area contributed by atoms with E-state index < -0.39 is 0 Å². The largest absolute Gasteiger partial charge is 0.349 e. The van der Waals surface area contributed by atoms with Gasteiger partial charge in [0.15, 0.2) is 0 Å². The van der Waals surface area contributed by atoms with E-state index in [1.807, 2.05) is 0 Å². The van der Waals surface area contributed by atoms with Crippen molar-refractivity contribution in [1.29, 1.82) is 0 Å². The van der Waals surface area contributed by atoms with E-state index in [2.05, 4.69) is 34.4 Å². The summed E-state index contributed by atoms with van der Waals surface area (Å²) < 4.78 is 0. The van der Waals surface area contributed by atoms with Gasteiger partial charge in [-0.3, -0.25) is 19.2 Å². The van der Waals surface area contributed by atoms with Gasteiger partial charge in [0.2, 0.25) is 11.8 Å². The number of rotatable bonds is 16. The number of para-hydroxylation sites is 2. The number of benzene rings is 2. The lowest BCUT2D eigenvalue weighted by atomic mass is 10.1. The van der Waals surface area contributed by atoms with Crippen LogP contribution < -0.4 is 21.3 Å². The molecule has 0 aliphatic heterocycles. The van der Waals surface area contributed by atoms with Gasteiger partial charge in [-0.05, 0) is 37.1 Å². The Morgan fingerprint density at radius 3 is 1.38 bits per heavy atom. The minimum Gasteiger partial charge on any atom is -0.349 e. The molecule has 4 amide bonds. The number of hydrogen-bond donors (Lipinski definition) is 4. The van der Waals surface area contributed by atoms with E-state index in [0.29, 0.717) is 48.4 Å². The second-order valence-corrected chi connectivity index (χ2v) is 8.45. The lowest BCUT2D eigenvalue weighted by Crippen LogP contribution is -2.25. The zero-order valence-electron chi connectivity index (χ0n) is 21.2. The zero-order chi connectivity index (χ0) is 26.9. The summed E-state index contributed by atoms with van der Waals surface area (Å²) >= 11 is 0. The molecule has 2 aromatic rings. The van der Waals surface area contributed by atoms with Crippen molar-refractivity contribution in [3.63, 3.8) is 0 Å². The van der Waals surface area contributed by atoms with Crippen molar-refractivity contribution in [3.05, 3.63) is 85.0 Å². The standard InChI is InChI=1S/C29H36N4O4/c1-3-20-30-28(36)22-14-10-12-16-24(22)32-26(34)18-8-6-5-7-9-19-27(35)33-25-17-13-11-15-23(25)29(37)31-21-4-2/h3-4,10-17H,1-2,5-9,18-21H2,(H,30,36)(H,31,37)(H,32,34)(H,33,35). The summed E-state index contributed by atoms with van der Waals surface area (Å²) in [5.41, 5.74) is 1.80. The Morgan fingerprint density at radius 1 is 0.595 bits per heavy atom. The molecule has 0 aliphatic carbocycles. The third kappa shape index (κ3) is 10.5. The van der Waals surface area contributed by atoms with E-state index in [-0.39, 0.29) is 23.6 Å². The van der Waals surface area contributed by atoms with Gasteiger partial charge in [-0.1, -0.05) is 55.7 Å². The topological polar surface area (TPSA) is 116 Å². The molecule has 2 aromatic carbocycles. The Balaban J connectivity index is 1.66. The highest BCUT2D eigenvalue weighted by Gasteiger charge is 2.13. The molecule has 8 nitrogen and oxygen atoms in total. The average molecular weight is 505 g/mol. The van der Waals surface area contributed by atoms with Crippen LogP contribution in [0.25, 0.3) is 0 Å². The monoisotopic (exact) mass is 504 g/mol. The Bertz CT molecular complexity index is 1010. The highest BCUT2D eigenvalue weighted by atomic mass is 16.2. The van der Waals surface area contributed by atoms with Gasteiger partial charge in [0.1, 0.15) is 0 Å². The molecular weight excluding hydrogens is 468 g/mol. The third-order valence-corrected chi connectivity index (χ3v) is 5.51. The van der Waals surface area contributed by atoms with Crippen LogP contribution in [0.1, 0.15) is 65.7 Å². The molecule has 37 heavy (non-hydrogen) atoms. The second-order valence-electron chi connectivity index (χ2n) is 8.45. The summed E-state index contributed by atoms with van der Waals surface area (Å²) in [5, 5.41) is 11.1. The lowest BCUT2D eigenvalue weighted by Gasteiger charge is -2.11. The van der Waals surface area contributed by atoms with Gasteiger partial charge in [-0.15, -0.1) is 13.2 Å². The average Bonchev–Trinajstić information content (AvgIpc) is 2.90. The lowest BCUT2D eigenvalue weighted by molar-refractivity contribution is -0.117. The fourth-order valence-corrected chi connectivity index (χ4v) is 3.63. The number of nitrogens with one attached hydrogen (secondary N) is 4. The summed E-state index contributed by atoms with van der Waals surface area (Å²) in [5.74, 6) is -0.808. The van der Waals surface area contributed by atoms with Crippen molar-refractivity contribution in [2.75, 3.05) is 23.7 Å². The third-order valence-electron chi connectivity index (χ3n) is 5.51. The van der Waals surface area contributed by atoms with Gasteiger partial charge >= 0.3 is 0 Å². The summed E-state index contributed by atoms with van der Waals surface area (Å²) in [6.07, 6.45) is 7.97. The molecule has 0 spiro atoms. The van der Waals surface area contributed by atoms with E-state index >= 15 is 0 Å². The number of unbranched alkanes of at least 4 members (excludes halogenated alkanes) is 4. The summed E-state index contributed by atoms with van der Waals surface area (Å²) in [6.45, 7) is 7.86. The van der Waals surface area contributed by atoms with E-state index in [4.69, 9.17) is 0 Å². The molecule has 0 aromatic heterocycles. The SMILES string of the molecule is C=CCNC(=O)c1ccccc1NC(=O)CCCCCCCC(=O)Nc1ccccc1C(=O)NCC=C. The molecule has 0 heterocycles. The van der Waals surface area contributed by atoms with Gasteiger partial charge in [0.25, 0.3) is 11.8 Å². The smallest absolute Gasteiger partial charge is 0.253 e. The molecule has 0 saturated heterocycles. The Hall–Kier alpha value is -4.20. The fraction of sp³-hybridized carbons (Fsp3) is 0.310. The number of hydrogen-bond acceptors (Lipinski definition) is 4. The van der Waals surface area contributed by atoms with Crippen molar-refractivity contribution < 1.29 is 19.2 Å². The van der Waals surface area contributed by atoms with Crippen LogP contribution >= 0.6 is 0 Å². The first kappa shape index (κ1) is 29.0. The van der Waals surface area contributed by atoms with Crippen molar-refractivity contribution in [2.45, 2.75) is 44.9 Å². The molecule has 0 radical (unpaired) electrons. The van der Waals surface area contributed by atoms with Gasteiger partial charge in [0, 0.05) is 25.9 Å². The Kier molecular flexibility index (Phi) is 12.9. The van der Waals surface area contributed by atoms with Crippen LogP contribution in [0, 0.1) is 0 Å². The molecule has 8 heteroatoms. The van der Waals surface area contributed by atoms with E-state index in [1.54, 1.807) is 60.7 Å². The van der Waals surface area contributed by atoms with Gasteiger partial charge in [-0.25, -0.2) is 0 Å². The van der Waals surface area contributed by atoms with Crippen molar-refractivity contribution in [3.8, 4) is 0 Å². The summed E-state index contributed by atoms with van der Waals surface area (Å²) in [4.78, 5) is 49.2. The molecule has 0 bridgehead atoms. The van der Waals surface area contributed by atoms with Gasteiger partial charge in [-0.2, -0.15) is 0 Å². The first-order valence-electron chi connectivity index (χ1n) is 12.5. The highest BCUT2D eigenvalue weighted by molar-refractivity contribution is 6.04. The maximum atomic E-state index is 12.3. The van der Waals surface area contributed by atoms with Crippen LogP contribution in [-0.4, -0.2) is 36.7 Å². The minimum absolute atomic E-state index is 0.140. The molecule has 0 atom stereocenters. The first-order valence-corrected chi connectivity index (χ1v) is 12.5. The van der Waals surface area contributed by atoms with Crippen LogP contribution in [0.3, 0.4) is 0 Å². The Labute approximate surface area is 218 Å². The van der Waals surface area contributed by atoms with Crippen molar-refractivity contribution in [1.82, 2.24) is 10.6 Å². The number of carbonyl (C=O) groups excluding carboxylic acids is 4. The van der Waals surface area contributed by atoms with Crippen LogP contribution in [0.2, 0.25) is 0 Å². The molecule has 0 saturated carbocycles. The number of carbonyl (C=O) groups is 4. The number of anilines is 2. The normalized spacial score (nSPS) is 10.2. The van der Waals surface area contributed by atoms with Crippen LogP contribution in [-0.2, 0) is 9.59 Å². The zero-order valence-corrected chi connectivity index (χ0v) is 21.2. The fourth-order valence-electron chi connectivity index (χ4n) is 3.63. The molecule has 2 rings (SSSR count). The first-order chi connectivity index (χ1) is 18.0. The van der Waals surface area contributed by atoms with Crippen molar-refractivity contribution >= 4 is 35.0 Å². The molecule has 0 fully saturated rings. The minimum atomic E-state index is -0.265. The van der Waals surface area contributed by atoms with Crippen LogP contribution in [0.4, 0.5) is 11.4 Å². The number of amides is 4. The maximum Gasteiger partial charge on any atom is 0.253 e. The molecule has 0 unspecified atom stereocenters. The highest BCUT2D eigenvalue weighted by Crippen LogP contribution is 2.17. The van der Waals surface area contributed by atoms with E-state index in [9.17, 15) is 19.2 Å². The molecular formula is C29H36N4O4. The predicted octanol–water partition coefficient (Wildman–Crippen LogP) is 4.83. The predicted molar refractivity (Wildman–Crippen MR) is 148 cm³/mol. The summed E-state index contributed by atoms with van der Waals surface area (Å²) in [7, 11) is 0. The van der Waals surface area contributed by atoms with Gasteiger partial charge in [0.05, 0.1) is 22.5 Å². The van der Waals surface area contributed by atoms with Crippen molar-refractivity contribution in [2.24, 2.45) is 0 Å². The molecule has 4 N–H and O–H groups in total. The van der Waals surface area contributed by atoms with E-state index in [0.717, 1.165) is 32.1 Å². The van der Waals surface area contributed by atoms with Crippen LogP contribution in [0.15, 0.2) is 73.8 Å². The summed E-state index contributed by atoms with van der Waals surface area (Å²) in [6, 6.07) is 13.8. The quantitative estimate of drug-likeness (QED) is 0.194. The van der Waals surface area contributed by atoms with E-state index in [1.165, 1.54) is 0 Å². The molecule has 0 aliphatic rings. The molecule has 196 valence electrons. The van der Waals surface area contributed by atoms with Crippen LogP contribution in [0.5, 0.6) is 0 Å². The van der Waals surface area contributed by atoms with Gasteiger partial charge < -0.3 is 21.3 Å².